The highest BCUT2D eigenvalue weighted by Crippen LogP contribution is 2.26. The molecule has 2 aromatic heterocycles. The fraction of sp³-hybridized carbons (Fsp3) is 0.412. The van der Waals surface area contributed by atoms with E-state index in [-0.39, 0.29) is 5.69 Å². The second-order valence-electron chi connectivity index (χ2n) is 6.00. The van der Waals surface area contributed by atoms with Gasteiger partial charge in [-0.1, -0.05) is 6.07 Å². The molecule has 0 spiro atoms. The monoisotopic (exact) mass is 328 g/mol. The number of nitrogens with zero attached hydrogens (tertiary/aromatic N) is 4. The molecule has 0 radical (unpaired) electrons. The molecular formula is C17H20N4O3. The lowest BCUT2D eigenvalue weighted by Crippen LogP contribution is -2.36. The SMILES string of the molecule is Cc1cc([N+](=O)[O-])cnc1N1CCC(COc2ccccn2)CC1. The molecule has 7 nitrogen and oxygen atoms in total. The standard InChI is InChI=1S/C17H20N4O3/c1-13-10-15(21(22)23)11-19-17(13)20-8-5-14(6-9-20)12-24-16-4-2-3-7-18-16/h2-4,7,10-11,14H,5-6,8-9,12H2,1H3. The van der Waals surface area contributed by atoms with Crippen molar-refractivity contribution in [3.8, 4) is 5.88 Å². The Morgan fingerprint density at radius 3 is 2.75 bits per heavy atom. The Balaban J connectivity index is 1.54. The third-order valence-corrected chi connectivity index (χ3v) is 4.27. The highest BCUT2D eigenvalue weighted by molar-refractivity contribution is 5.50. The predicted octanol–water partition coefficient (Wildman–Crippen LogP) is 2.99. The van der Waals surface area contributed by atoms with Crippen LogP contribution in [0.4, 0.5) is 11.5 Å². The number of pyridine rings is 2. The van der Waals surface area contributed by atoms with Crippen molar-refractivity contribution in [3.05, 3.63) is 52.3 Å². The molecule has 1 fully saturated rings. The minimum Gasteiger partial charge on any atom is -0.477 e. The van der Waals surface area contributed by atoms with Gasteiger partial charge in [0.15, 0.2) is 0 Å². The molecule has 0 bridgehead atoms. The first kappa shape index (κ1) is 16.2. The lowest BCUT2D eigenvalue weighted by Gasteiger charge is -2.33. The van der Waals surface area contributed by atoms with Gasteiger partial charge in [-0.3, -0.25) is 10.1 Å². The van der Waals surface area contributed by atoms with E-state index in [1.54, 1.807) is 12.3 Å². The summed E-state index contributed by atoms with van der Waals surface area (Å²) in [4.78, 5) is 21.0. The number of piperidine rings is 1. The van der Waals surface area contributed by atoms with Gasteiger partial charge >= 0.3 is 0 Å². The molecule has 2 aromatic rings. The van der Waals surface area contributed by atoms with Gasteiger partial charge in [0.05, 0.1) is 11.5 Å². The molecule has 0 atom stereocenters. The van der Waals surface area contributed by atoms with E-state index in [1.807, 2.05) is 25.1 Å². The van der Waals surface area contributed by atoms with Gasteiger partial charge in [-0.15, -0.1) is 0 Å². The zero-order chi connectivity index (χ0) is 16.9. The summed E-state index contributed by atoms with van der Waals surface area (Å²) in [6.07, 6.45) is 5.06. The summed E-state index contributed by atoms with van der Waals surface area (Å²) >= 11 is 0. The van der Waals surface area contributed by atoms with Gasteiger partial charge in [-0.05, 0) is 37.3 Å². The normalized spacial score (nSPS) is 15.3. The molecule has 1 aliphatic rings. The van der Waals surface area contributed by atoms with Crippen LogP contribution in [-0.4, -0.2) is 34.6 Å². The molecule has 0 aromatic carbocycles. The van der Waals surface area contributed by atoms with Crippen molar-refractivity contribution < 1.29 is 9.66 Å². The maximum atomic E-state index is 10.8. The molecule has 0 aliphatic carbocycles. The van der Waals surface area contributed by atoms with Crippen molar-refractivity contribution in [1.29, 1.82) is 0 Å². The van der Waals surface area contributed by atoms with Crippen LogP contribution in [-0.2, 0) is 0 Å². The van der Waals surface area contributed by atoms with E-state index in [4.69, 9.17) is 4.74 Å². The van der Waals surface area contributed by atoms with Crippen LogP contribution < -0.4 is 9.64 Å². The average molecular weight is 328 g/mol. The number of ether oxygens (including phenoxy) is 1. The number of aryl methyl sites for hydroxylation is 1. The first-order valence-electron chi connectivity index (χ1n) is 8.03. The van der Waals surface area contributed by atoms with E-state index < -0.39 is 4.92 Å². The Labute approximate surface area is 140 Å². The lowest BCUT2D eigenvalue weighted by atomic mass is 9.97. The van der Waals surface area contributed by atoms with Crippen molar-refractivity contribution in [3.63, 3.8) is 0 Å². The molecule has 1 saturated heterocycles. The van der Waals surface area contributed by atoms with E-state index >= 15 is 0 Å². The minimum atomic E-state index is -0.412. The van der Waals surface area contributed by atoms with E-state index in [0.717, 1.165) is 37.3 Å². The Morgan fingerprint density at radius 1 is 1.33 bits per heavy atom. The van der Waals surface area contributed by atoms with E-state index in [2.05, 4.69) is 14.9 Å². The summed E-state index contributed by atoms with van der Waals surface area (Å²) < 4.78 is 5.73. The quantitative estimate of drug-likeness (QED) is 0.620. The maximum Gasteiger partial charge on any atom is 0.287 e. The van der Waals surface area contributed by atoms with Gasteiger partial charge in [0.1, 0.15) is 12.0 Å². The summed E-state index contributed by atoms with van der Waals surface area (Å²) in [6, 6.07) is 7.22. The molecule has 0 saturated carbocycles. The largest absolute Gasteiger partial charge is 0.477 e. The molecule has 0 N–H and O–H groups in total. The molecule has 7 heteroatoms. The van der Waals surface area contributed by atoms with Gasteiger partial charge < -0.3 is 9.64 Å². The molecule has 3 rings (SSSR count). The van der Waals surface area contributed by atoms with Crippen LogP contribution in [0.1, 0.15) is 18.4 Å². The zero-order valence-electron chi connectivity index (χ0n) is 13.6. The molecule has 0 amide bonds. The van der Waals surface area contributed by atoms with Crippen LogP contribution in [0.2, 0.25) is 0 Å². The van der Waals surface area contributed by atoms with Crippen LogP contribution >= 0.6 is 0 Å². The van der Waals surface area contributed by atoms with E-state index in [9.17, 15) is 10.1 Å². The van der Waals surface area contributed by atoms with Crippen molar-refractivity contribution in [2.45, 2.75) is 19.8 Å². The fourth-order valence-corrected chi connectivity index (χ4v) is 2.93. The first-order chi connectivity index (χ1) is 11.6. The second kappa shape index (κ2) is 7.25. The highest BCUT2D eigenvalue weighted by atomic mass is 16.6. The van der Waals surface area contributed by atoms with Crippen LogP contribution in [0.5, 0.6) is 5.88 Å². The number of hydrogen-bond donors (Lipinski definition) is 0. The number of nitro groups is 1. The van der Waals surface area contributed by atoms with Gasteiger partial charge in [-0.25, -0.2) is 9.97 Å². The summed E-state index contributed by atoms with van der Waals surface area (Å²) in [5, 5.41) is 10.8. The third-order valence-electron chi connectivity index (χ3n) is 4.27. The molecule has 3 heterocycles. The number of rotatable bonds is 5. The minimum absolute atomic E-state index is 0.0369. The van der Waals surface area contributed by atoms with Crippen molar-refractivity contribution >= 4 is 11.5 Å². The lowest BCUT2D eigenvalue weighted by molar-refractivity contribution is -0.385. The maximum absolute atomic E-state index is 10.8. The molecule has 24 heavy (non-hydrogen) atoms. The van der Waals surface area contributed by atoms with Crippen LogP contribution in [0, 0.1) is 23.0 Å². The summed E-state index contributed by atoms with van der Waals surface area (Å²) in [7, 11) is 0. The summed E-state index contributed by atoms with van der Waals surface area (Å²) in [5.74, 6) is 1.99. The van der Waals surface area contributed by atoms with Crippen LogP contribution in [0.15, 0.2) is 36.7 Å². The predicted molar refractivity (Wildman–Crippen MR) is 90.3 cm³/mol. The van der Waals surface area contributed by atoms with E-state index in [0.29, 0.717) is 18.4 Å². The summed E-state index contributed by atoms with van der Waals surface area (Å²) in [6.45, 7) is 4.28. The third kappa shape index (κ3) is 3.79. The fourth-order valence-electron chi connectivity index (χ4n) is 2.93. The van der Waals surface area contributed by atoms with Crippen molar-refractivity contribution in [1.82, 2.24) is 9.97 Å². The Kier molecular flexibility index (Phi) is 4.88. The Bertz CT molecular complexity index is 700. The Hall–Kier alpha value is -2.70. The molecular weight excluding hydrogens is 308 g/mol. The van der Waals surface area contributed by atoms with Crippen LogP contribution in [0.3, 0.4) is 0 Å². The van der Waals surface area contributed by atoms with Gasteiger partial charge in [0.2, 0.25) is 5.88 Å². The average Bonchev–Trinajstić information content (AvgIpc) is 2.61. The molecule has 126 valence electrons. The smallest absolute Gasteiger partial charge is 0.287 e. The Morgan fingerprint density at radius 2 is 2.12 bits per heavy atom. The topological polar surface area (TPSA) is 81.4 Å². The first-order valence-corrected chi connectivity index (χ1v) is 8.03. The molecule has 1 aliphatic heterocycles. The summed E-state index contributed by atoms with van der Waals surface area (Å²) in [5.41, 5.74) is 0.877. The van der Waals surface area contributed by atoms with Crippen molar-refractivity contribution in [2.75, 3.05) is 24.6 Å². The van der Waals surface area contributed by atoms with Gasteiger partial charge in [0.25, 0.3) is 5.69 Å². The highest BCUT2D eigenvalue weighted by Gasteiger charge is 2.22. The number of anilines is 1. The number of aromatic nitrogens is 2. The van der Waals surface area contributed by atoms with Crippen molar-refractivity contribution in [2.24, 2.45) is 5.92 Å². The number of hydrogen-bond acceptors (Lipinski definition) is 6. The zero-order valence-corrected chi connectivity index (χ0v) is 13.6. The van der Waals surface area contributed by atoms with E-state index in [1.165, 1.54) is 6.20 Å². The van der Waals surface area contributed by atoms with Crippen LogP contribution in [0.25, 0.3) is 0 Å². The van der Waals surface area contributed by atoms with Gasteiger partial charge in [0, 0.05) is 31.4 Å². The van der Waals surface area contributed by atoms with Gasteiger partial charge in [-0.2, -0.15) is 0 Å². The molecule has 0 unspecified atom stereocenters. The second-order valence-corrected chi connectivity index (χ2v) is 6.00.